The molecule has 1 heterocycles. The third kappa shape index (κ3) is 2.21. The molecule has 0 spiro atoms. The first-order valence-corrected chi connectivity index (χ1v) is 6.50. The van der Waals surface area contributed by atoms with E-state index < -0.39 is 11.5 Å². The van der Waals surface area contributed by atoms with Crippen molar-refractivity contribution in [1.29, 1.82) is 0 Å². The van der Waals surface area contributed by atoms with Crippen molar-refractivity contribution in [3.63, 3.8) is 0 Å². The van der Waals surface area contributed by atoms with Crippen LogP contribution in [0.15, 0.2) is 36.7 Å². The van der Waals surface area contributed by atoms with E-state index in [2.05, 4.69) is 4.98 Å². The molecule has 0 unspecified atom stereocenters. The highest BCUT2D eigenvalue weighted by Gasteiger charge is 2.42. The van der Waals surface area contributed by atoms with E-state index in [-0.39, 0.29) is 12.8 Å². The lowest BCUT2D eigenvalue weighted by molar-refractivity contribution is -0.0512. The maximum absolute atomic E-state index is 13.3. The summed E-state index contributed by atoms with van der Waals surface area (Å²) in [5, 5.41) is 2.02. The van der Waals surface area contributed by atoms with Crippen LogP contribution < -0.4 is 5.73 Å². The van der Waals surface area contributed by atoms with Crippen molar-refractivity contribution >= 4 is 10.8 Å². The number of nitrogens with zero attached hydrogens (tertiary/aromatic N) is 1. The summed E-state index contributed by atoms with van der Waals surface area (Å²) >= 11 is 0. The van der Waals surface area contributed by atoms with Crippen LogP contribution in [0.1, 0.15) is 31.2 Å². The molecule has 100 valence electrons. The fraction of sp³-hybridized carbons (Fsp3) is 0.400. The number of nitrogens with two attached hydrogens (primary N) is 1. The van der Waals surface area contributed by atoms with Crippen molar-refractivity contribution in [3.8, 4) is 0 Å². The molecule has 3 rings (SSSR count). The second kappa shape index (κ2) is 4.23. The molecule has 0 amide bonds. The second-order valence-electron chi connectivity index (χ2n) is 5.41. The van der Waals surface area contributed by atoms with Crippen LogP contribution in [0.25, 0.3) is 10.8 Å². The van der Waals surface area contributed by atoms with Crippen LogP contribution in [0.4, 0.5) is 8.78 Å². The van der Waals surface area contributed by atoms with Gasteiger partial charge in [-0.15, -0.1) is 0 Å². The van der Waals surface area contributed by atoms with Crippen LogP contribution >= 0.6 is 0 Å². The molecule has 0 aliphatic heterocycles. The molecule has 1 aromatic heterocycles. The van der Waals surface area contributed by atoms with Crippen LogP contribution in [0.5, 0.6) is 0 Å². The molecule has 1 aliphatic rings. The number of benzene rings is 1. The van der Waals surface area contributed by atoms with Gasteiger partial charge in [0.1, 0.15) is 0 Å². The molecule has 2 nitrogen and oxygen atoms in total. The number of fused-ring (bicyclic) bond motifs is 1. The lowest BCUT2D eigenvalue weighted by Gasteiger charge is -2.38. The minimum Gasteiger partial charge on any atom is -0.321 e. The van der Waals surface area contributed by atoms with E-state index in [0.29, 0.717) is 12.8 Å². The molecule has 1 aromatic carbocycles. The van der Waals surface area contributed by atoms with Gasteiger partial charge < -0.3 is 5.73 Å². The van der Waals surface area contributed by atoms with Crippen LogP contribution in [0, 0.1) is 0 Å². The Morgan fingerprint density at radius 1 is 1.05 bits per heavy atom. The van der Waals surface area contributed by atoms with E-state index in [4.69, 9.17) is 5.73 Å². The number of rotatable bonds is 1. The molecule has 2 aromatic rings. The molecule has 0 bridgehead atoms. The maximum atomic E-state index is 13.3. The predicted molar refractivity (Wildman–Crippen MR) is 71.0 cm³/mol. The topological polar surface area (TPSA) is 38.9 Å². The van der Waals surface area contributed by atoms with Crippen molar-refractivity contribution in [2.45, 2.75) is 37.1 Å². The monoisotopic (exact) mass is 262 g/mol. The molecular weight excluding hydrogens is 246 g/mol. The van der Waals surface area contributed by atoms with Crippen LogP contribution in [-0.4, -0.2) is 10.9 Å². The first-order chi connectivity index (χ1) is 9.00. The van der Waals surface area contributed by atoms with E-state index in [9.17, 15) is 8.78 Å². The Morgan fingerprint density at radius 2 is 1.79 bits per heavy atom. The maximum Gasteiger partial charge on any atom is 0.248 e. The zero-order valence-electron chi connectivity index (χ0n) is 10.6. The normalized spacial score (nSPS) is 21.4. The SMILES string of the molecule is NC1(c2cccc3cnccc23)CCC(F)(F)CC1. The van der Waals surface area contributed by atoms with Crippen molar-refractivity contribution < 1.29 is 8.78 Å². The molecule has 1 fully saturated rings. The molecular formula is C15H16F2N2. The first kappa shape index (κ1) is 12.5. The summed E-state index contributed by atoms with van der Waals surface area (Å²) in [6, 6.07) is 7.74. The van der Waals surface area contributed by atoms with E-state index in [1.54, 1.807) is 12.4 Å². The van der Waals surface area contributed by atoms with Gasteiger partial charge in [0.05, 0.1) is 0 Å². The molecule has 1 saturated carbocycles. The highest BCUT2D eigenvalue weighted by molar-refractivity contribution is 5.85. The summed E-state index contributed by atoms with van der Waals surface area (Å²) in [5.74, 6) is -2.56. The number of hydrogen-bond acceptors (Lipinski definition) is 2. The fourth-order valence-corrected chi connectivity index (χ4v) is 2.89. The second-order valence-corrected chi connectivity index (χ2v) is 5.41. The van der Waals surface area contributed by atoms with Gasteiger partial charge in [-0.05, 0) is 29.9 Å². The summed E-state index contributed by atoms with van der Waals surface area (Å²) in [4.78, 5) is 4.08. The number of pyridine rings is 1. The van der Waals surface area contributed by atoms with Gasteiger partial charge in [0, 0.05) is 36.2 Å². The lowest BCUT2D eigenvalue weighted by atomic mass is 9.75. The van der Waals surface area contributed by atoms with Crippen molar-refractivity contribution in [2.75, 3.05) is 0 Å². The molecule has 0 atom stereocenters. The average molecular weight is 262 g/mol. The van der Waals surface area contributed by atoms with E-state index in [0.717, 1.165) is 16.3 Å². The van der Waals surface area contributed by atoms with Gasteiger partial charge in [0.15, 0.2) is 0 Å². The van der Waals surface area contributed by atoms with Gasteiger partial charge in [0.2, 0.25) is 5.92 Å². The minimum absolute atomic E-state index is 0.134. The van der Waals surface area contributed by atoms with Gasteiger partial charge in [0.25, 0.3) is 0 Å². The molecule has 1 aliphatic carbocycles. The minimum atomic E-state index is -2.56. The number of aromatic nitrogens is 1. The highest BCUT2D eigenvalue weighted by atomic mass is 19.3. The number of alkyl halides is 2. The van der Waals surface area contributed by atoms with Gasteiger partial charge in [-0.3, -0.25) is 4.98 Å². The third-order valence-corrected chi connectivity index (χ3v) is 4.09. The Labute approximate surface area is 110 Å². The summed E-state index contributed by atoms with van der Waals surface area (Å²) in [7, 11) is 0. The molecule has 2 N–H and O–H groups in total. The number of halogens is 2. The summed E-state index contributed by atoms with van der Waals surface area (Å²) in [5.41, 5.74) is 6.72. The van der Waals surface area contributed by atoms with Crippen LogP contribution in [0.2, 0.25) is 0 Å². The van der Waals surface area contributed by atoms with E-state index in [1.165, 1.54) is 0 Å². The zero-order valence-corrected chi connectivity index (χ0v) is 10.6. The Bertz CT molecular complexity index is 595. The van der Waals surface area contributed by atoms with E-state index >= 15 is 0 Å². The third-order valence-electron chi connectivity index (χ3n) is 4.09. The Balaban J connectivity index is 2.05. The van der Waals surface area contributed by atoms with E-state index in [1.807, 2.05) is 24.3 Å². The lowest BCUT2D eigenvalue weighted by Crippen LogP contribution is -2.43. The van der Waals surface area contributed by atoms with Crippen LogP contribution in [-0.2, 0) is 5.54 Å². The van der Waals surface area contributed by atoms with Gasteiger partial charge in [-0.25, -0.2) is 8.78 Å². The zero-order chi connectivity index (χ0) is 13.5. The van der Waals surface area contributed by atoms with Gasteiger partial charge >= 0.3 is 0 Å². The number of hydrogen-bond donors (Lipinski definition) is 1. The molecule has 0 radical (unpaired) electrons. The van der Waals surface area contributed by atoms with Crippen molar-refractivity contribution in [1.82, 2.24) is 4.98 Å². The van der Waals surface area contributed by atoms with Gasteiger partial charge in [-0.1, -0.05) is 18.2 Å². The predicted octanol–water partition coefficient (Wildman–Crippen LogP) is 3.60. The summed E-state index contributed by atoms with van der Waals surface area (Å²) in [6.07, 6.45) is 3.87. The van der Waals surface area contributed by atoms with Gasteiger partial charge in [-0.2, -0.15) is 0 Å². The Hall–Kier alpha value is -1.55. The van der Waals surface area contributed by atoms with Crippen molar-refractivity contribution in [3.05, 3.63) is 42.2 Å². The summed E-state index contributed by atoms with van der Waals surface area (Å²) < 4.78 is 26.6. The molecule has 19 heavy (non-hydrogen) atoms. The average Bonchev–Trinajstić information content (AvgIpc) is 2.42. The largest absolute Gasteiger partial charge is 0.321 e. The van der Waals surface area contributed by atoms with Crippen LogP contribution in [0.3, 0.4) is 0 Å². The van der Waals surface area contributed by atoms with Crippen molar-refractivity contribution in [2.24, 2.45) is 5.73 Å². The fourth-order valence-electron chi connectivity index (χ4n) is 2.89. The highest BCUT2D eigenvalue weighted by Crippen LogP contribution is 2.43. The Morgan fingerprint density at radius 3 is 2.53 bits per heavy atom. The standard InChI is InChI=1S/C15H16F2N2/c16-15(17)7-5-14(18,6-8-15)13-3-1-2-11-10-19-9-4-12(11)13/h1-4,9-10H,5-8,18H2. The molecule has 0 saturated heterocycles. The Kier molecular flexibility index (Phi) is 2.78. The summed E-state index contributed by atoms with van der Waals surface area (Å²) in [6.45, 7) is 0. The smallest absolute Gasteiger partial charge is 0.248 e. The quantitative estimate of drug-likeness (QED) is 0.852. The molecule has 4 heteroatoms. The first-order valence-electron chi connectivity index (χ1n) is 6.50.